The molecule has 0 bridgehead atoms. The molecule has 2 aliphatic carbocycles. The number of rotatable bonds is 3. The first-order valence-electron chi connectivity index (χ1n) is 21.7. The Balaban J connectivity index is 1.06. The van der Waals surface area contributed by atoms with Gasteiger partial charge in [0.25, 0.3) is 0 Å². The Morgan fingerprint density at radius 2 is 0.484 bits per heavy atom. The van der Waals surface area contributed by atoms with E-state index >= 15 is 0 Å². The van der Waals surface area contributed by atoms with Crippen LogP contribution in [0.4, 0.5) is 17.1 Å². The van der Waals surface area contributed by atoms with Crippen LogP contribution in [0.3, 0.4) is 0 Å². The van der Waals surface area contributed by atoms with Gasteiger partial charge < -0.3 is 4.90 Å². The zero-order valence-corrected chi connectivity index (χ0v) is 33.8. The first kappa shape index (κ1) is 33.8. The minimum Gasteiger partial charge on any atom is -0.310 e. The van der Waals surface area contributed by atoms with Gasteiger partial charge in [-0.25, -0.2) is 0 Å². The third-order valence-electron chi connectivity index (χ3n) is 14.2. The van der Waals surface area contributed by atoms with Crippen molar-refractivity contribution >= 4 is 81.7 Å². The minimum atomic E-state index is -0.395. The van der Waals surface area contributed by atoms with Crippen molar-refractivity contribution < 1.29 is 0 Å². The average Bonchev–Trinajstić information content (AvgIpc) is 3.81. The third-order valence-corrected chi connectivity index (χ3v) is 14.2. The van der Waals surface area contributed by atoms with E-state index in [1.807, 2.05) is 0 Å². The topological polar surface area (TPSA) is 3.24 Å². The number of nitrogens with zero attached hydrogens (tertiary/aromatic N) is 1. The summed E-state index contributed by atoms with van der Waals surface area (Å²) in [5, 5.41) is 15.3. The zero-order chi connectivity index (χ0) is 40.5. The van der Waals surface area contributed by atoms with Gasteiger partial charge in [-0.05, 0) is 146 Å². The Labute approximate surface area is 359 Å². The second-order valence-corrected chi connectivity index (χ2v) is 17.1. The smallest absolute Gasteiger partial charge is 0.0725 e. The molecule has 0 saturated carbocycles. The van der Waals surface area contributed by atoms with Crippen molar-refractivity contribution in [1.29, 1.82) is 0 Å². The van der Waals surface area contributed by atoms with Crippen LogP contribution in [0.1, 0.15) is 22.3 Å². The van der Waals surface area contributed by atoms with Crippen LogP contribution in [0.5, 0.6) is 0 Å². The van der Waals surface area contributed by atoms with Gasteiger partial charge in [0.05, 0.1) is 5.41 Å². The lowest BCUT2D eigenvalue weighted by atomic mass is 9.70. The molecule has 2 aliphatic rings. The Morgan fingerprint density at radius 1 is 0.210 bits per heavy atom. The summed E-state index contributed by atoms with van der Waals surface area (Å²) in [7, 11) is 0. The maximum absolute atomic E-state index is 2.50. The van der Waals surface area contributed by atoms with Gasteiger partial charge in [0.15, 0.2) is 0 Å². The van der Waals surface area contributed by atoms with Crippen LogP contribution in [0.15, 0.2) is 224 Å². The lowest BCUT2D eigenvalue weighted by Gasteiger charge is -2.31. The summed E-state index contributed by atoms with van der Waals surface area (Å²) in [5.74, 6) is 0. The van der Waals surface area contributed by atoms with Crippen molar-refractivity contribution in [2.75, 3.05) is 4.90 Å². The Hall–Kier alpha value is -8.00. The summed E-state index contributed by atoms with van der Waals surface area (Å²) in [6.07, 6.45) is 0. The van der Waals surface area contributed by atoms with Crippen molar-refractivity contribution in [3.63, 3.8) is 0 Å². The molecule has 0 aliphatic heterocycles. The van der Waals surface area contributed by atoms with Crippen LogP contribution in [0.25, 0.3) is 86.9 Å². The lowest BCUT2D eigenvalue weighted by Crippen LogP contribution is -2.25. The van der Waals surface area contributed by atoms with E-state index in [2.05, 4.69) is 229 Å². The predicted molar refractivity (Wildman–Crippen MR) is 262 cm³/mol. The molecular weight excluding hydrogens is 747 g/mol. The Bertz CT molecular complexity index is 3620. The number of hydrogen-bond acceptors (Lipinski definition) is 1. The van der Waals surface area contributed by atoms with Crippen molar-refractivity contribution in [3.8, 4) is 22.3 Å². The van der Waals surface area contributed by atoms with E-state index in [1.54, 1.807) is 0 Å². The molecule has 1 heteroatoms. The van der Waals surface area contributed by atoms with Gasteiger partial charge in [-0.3, -0.25) is 0 Å². The highest BCUT2D eigenvalue weighted by atomic mass is 15.1. The molecule has 14 rings (SSSR count). The summed E-state index contributed by atoms with van der Waals surface area (Å²) in [6, 6.07) is 84.2. The van der Waals surface area contributed by atoms with Crippen LogP contribution in [0, 0.1) is 0 Å². The minimum absolute atomic E-state index is 0.395. The van der Waals surface area contributed by atoms with Crippen molar-refractivity contribution in [1.82, 2.24) is 0 Å². The van der Waals surface area contributed by atoms with Crippen molar-refractivity contribution in [3.05, 3.63) is 247 Å². The maximum atomic E-state index is 2.50. The summed E-state index contributed by atoms with van der Waals surface area (Å²) < 4.78 is 0. The van der Waals surface area contributed by atoms with Crippen molar-refractivity contribution in [2.24, 2.45) is 0 Å². The zero-order valence-electron chi connectivity index (χ0n) is 33.8. The average molecular weight is 784 g/mol. The highest BCUT2D eigenvalue weighted by molar-refractivity contribution is 6.27. The molecule has 286 valence electrons. The lowest BCUT2D eigenvalue weighted by molar-refractivity contribution is 0.794. The number of benzene rings is 12. The predicted octanol–water partition coefficient (Wildman–Crippen LogP) is 16.4. The third kappa shape index (κ3) is 4.37. The van der Waals surface area contributed by atoms with Crippen LogP contribution < -0.4 is 4.90 Å². The summed E-state index contributed by atoms with van der Waals surface area (Å²) in [5.41, 5.74) is 13.6. The number of hydrogen-bond donors (Lipinski definition) is 0. The largest absolute Gasteiger partial charge is 0.310 e. The normalized spacial score (nSPS) is 13.3. The second kappa shape index (κ2) is 12.5. The molecule has 1 nitrogen and oxygen atoms in total. The fraction of sp³-hybridized carbons (Fsp3) is 0.0164. The van der Waals surface area contributed by atoms with E-state index in [0.29, 0.717) is 0 Å². The molecule has 12 aromatic carbocycles. The standard InChI is InChI=1S/C61H37N/c1-3-19-45-41(15-1)43-17-5-7-21-47(43)54-35-38(29-32-49(45)54)62(39-30-33-50-46-20-4-2-16-42(46)44-18-6-8-22-48(44)55(50)36-39)40-31-34-60-56(37-40)53-25-11-14-28-59(53)61(60)57-26-12-9-23-51(57)52-24-10-13-27-58(52)61/h1-37H. The summed E-state index contributed by atoms with van der Waals surface area (Å²) >= 11 is 0. The number of anilines is 3. The van der Waals surface area contributed by atoms with E-state index in [1.165, 1.54) is 109 Å². The SMILES string of the molecule is c1ccc2c(c1)-c1ccccc1C21c2ccccc2-c2cc(N(c3ccc4c5ccccc5c5ccccc5c4c3)c3ccc4c5ccccc5c5ccccc5c4c3)ccc21. The van der Waals surface area contributed by atoms with Gasteiger partial charge in [0, 0.05) is 17.1 Å². The Kier molecular flexibility index (Phi) is 6.82. The highest BCUT2D eigenvalue weighted by Gasteiger charge is 2.51. The highest BCUT2D eigenvalue weighted by Crippen LogP contribution is 2.63. The summed E-state index contributed by atoms with van der Waals surface area (Å²) in [6.45, 7) is 0. The van der Waals surface area contributed by atoms with Crippen LogP contribution in [-0.2, 0) is 5.41 Å². The molecular formula is C61H37N. The van der Waals surface area contributed by atoms with E-state index < -0.39 is 5.41 Å². The van der Waals surface area contributed by atoms with E-state index in [9.17, 15) is 0 Å². The molecule has 0 amide bonds. The van der Waals surface area contributed by atoms with Crippen LogP contribution in [0.2, 0.25) is 0 Å². The van der Waals surface area contributed by atoms with E-state index in [0.717, 1.165) is 17.1 Å². The number of fused-ring (bicyclic) bond motifs is 22. The molecule has 0 radical (unpaired) electrons. The first-order chi connectivity index (χ1) is 30.8. The Morgan fingerprint density at radius 3 is 0.887 bits per heavy atom. The van der Waals surface area contributed by atoms with Crippen molar-refractivity contribution in [2.45, 2.75) is 5.41 Å². The molecule has 12 aromatic rings. The molecule has 62 heavy (non-hydrogen) atoms. The van der Waals surface area contributed by atoms with E-state index in [4.69, 9.17) is 0 Å². The van der Waals surface area contributed by atoms with Gasteiger partial charge in [-0.15, -0.1) is 0 Å². The van der Waals surface area contributed by atoms with Gasteiger partial charge >= 0.3 is 0 Å². The maximum Gasteiger partial charge on any atom is 0.0725 e. The summed E-state index contributed by atoms with van der Waals surface area (Å²) in [4.78, 5) is 2.50. The van der Waals surface area contributed by atoms with Gasteiger partial charge in [0.2, 0.25) is 0 Å². The molecule has 0 N–H and O–H groups in total. The molecule has 0 unspecified atom stereocenters. The molecule has 0 saturated heterocycles. The molecule has 1 spiro atoms. The molecule has 0 heterocycles. The fourth-order valence-corrected chi connectivity index (χ4v) is 11.7. The molecule has 0 atom stereocenters. The first-order valence-corrected chi connectivity index (χ1v) is 21.7. The van der Waals surface area contributed by atoms with Gasteiger partial charge in [-0.2, -0.15) is 0 Å². The fourth-order valence-electron chi connectivity index (χ4n) is 11.7. The molecule has 0 aromatic heterocycles. The monoisotopic (exact) mass is 783 g/mol. The molecule has 0 fully saturated rings. The quantitative estimate of drug-likeness (QED) is 0.161. The van der Waals surface area contributed by atoms with Gasteiger partial charge in [0.1, 0.15) is 0 Å². The van der Waals surface area contributed by atoms with Crippen LogP contribution in [-0.4, -0.2) is 0 Å². The van der Waals surface area contributed by atoms with E-state index in [-0.39, 0.29) is 0 Å². The second-order valence-electron chi connectivity index (χ2n) is 17.1. The van der Waals surface area contributed by atoms with Crippen LogP contribution >= 0.6 is 0 Å². The van der Waals surface area contributed by atoms with Gasteiger partial charge in [-0.1, -0.05) is 188 Å².